The van der Waals surface area contributed by atoms with Gasteiger partial charge in [0.25, 0.3) is 5.91 Å². The molecule has 3 heterocycles. The Labute approximate surface area is 155 Å². The Hall–Kier alpha value is -1.76. The fourth-order valence-electron chi connectivity index (χ4n) is 3.15. The summed E-state index contributed by atoms with van der Waals surface area (Å²) in [7, 11) is 0. The maximum atomic E-state index is 12.6. The van der Waals surface area contributed by atoms with Crippen LogP contribution >= 0.6 is 23.1 Å². The number of nitrogens with zero attached hydrogens (tertiary/aromatic N) is 1. The average molecular weight is 373 g/mol. The van der Waals surface area contributed by atoms with Crippen molar-refractivity contribution in [2.24, 2.45) is 0 Å². The molecule has 1 amide bonds. The van der Waals surface area contributed by atoms with Crippen molar-refractivity contribution in [1.82, 2.24) is 10.2 Å². The fraction of sp³-hybridized carbons (Fsp3) is 0.316. The van der Waals surface area contributed by atoms with E-state index < -0.39 is 0 Å². The summed E-state index contributed by atoms with van der Waals surface area (Å²) in [6, 6.07) is 14.1. The monoisotopic (exact) mass is 372 g/mol. The molecule has 6 heteroatoms. The maximum absolute atomic E-state index is 12.6. The Kier molecular flexibility index (Phi) is 5.10. The molecule has 2 aromatic heterocycles. The number of hydrogen-bond donors (Lipinski definition) is 1. The Balaban J connectivity index is 1.47. The summed E-state index contributed by atoms with van der Waals surface area (Å²) >= 11 is 3.52. The molecule has 1 atom stereocenters. The molecule has 3 aromatic rings. The number of hydrogen-bond acceptors (Lipinski definition) is 5. The zero-order valence-electron chi connectivity index (χ0n) is 13.8. The third-order valence-electron chi connectivity index (χ3n) is 4.46. The van der Waals surface area contributed by atoms with Crippen LogP contribution in [0.5, 0.6) is 0 Å². The van der Waals surface area contributed by atoms with Crippen LogP contribution in [0.1, 0.15) is 21.5 Å². The molecule has 0 radical (unpaired) electrons. The highest BCUT2D eigenvalue weighted by atomic mass is 32.2. The molecule has 25 heavy (non-hydrogen) atoms. The molecule has 1 saturated heterocycles. The van der Waals surface area contributed by atoms with E-state index in [2.05, 4.69) is 10.2 Å². The van der Waals surface area contributed by atoms with E-state index in [-0.39, 0.29) is 11.9 Å². The molecule has 1 aromatic carbocycles. The van der Waals surface area contributed by atoms with Gasteiger partial charge in [0, 0.05) is 35.8 Å². The zero-order chi connectivity index (χ0) is 17.1. The summed E-state index contributed by atoms with van der Waals surface area (Å²) in [6.07, 6.45) is 1.70. The summed E-state index contributed by atoms with van der Waals surface area (Å²) < 4.78 is 6.78. The van der Waals surface area contributed by atoms with Crippen molar-refractivity contribution in [3.63, 3.8) is 0 Å². The van der Waals surface area contributed by atoms with Crippen molar-refractivity contribution < 1.29 is 9.21 Å². The second-order valence-electron chi connectivity index (χ2n) is 6.04. The van der Waals surface area contributed by atoms with Gasteiger partial charge in [0.1, 0.15) is 5.76 Å². The van der Waals surface area contributed by atoms with Crippen molar-refractivity contribution in [1.29, 1.82) is 0 Å². The van der Waals surface area contributed by atoms with Crippen molar-refractivity contribution in [2.75, 3.05) is 31.1 Å². The van der Waals surface area contributed by atoms with Crippen LogP contribution < -0.4 is 5.32 Å². The minimum Gasteiger partial charge on any atom is -0.468 e. The summed E-state index contributed by atoms with van der Waals surface area (Å²) in [5, 5.41) is 4.23. The number of thiophene rings is 1. The number of rotatable bonds is 5. The van der Waals surface area contributed by atoms with Gasteiger partial charge in [0.2, 0.25) is 0 Å². The van der Waals surface area contributed by atoms with Crippen LogP contribution in [0.25, 0.3) is 10.1 Å². The number of nitrogens with one attached hydrogen (secondary N) is 1. The summed E-state index contributed by atoms with van der Waals surface area (Å²) in [5.74, 6) is 3.16. The quantitative estimate of drug-likeness (QED) is 0.735. The standard InChI is InChI=1S/C19H20N2O2S2/c22-19(18-12-14-4-1-2-6-17(14)25-18)20-13-15(16-5-3-9-23-16)21-7-10-24-11-8-21/h1-6,9,12,15H,7-8,10-11,13H2,(H,20,22)/t15-/m0/s1. The number of thioether (sulfide) groups is 1. The Morgan fingerprint density at radius 2 is 2.04 bits per heavy atom. The summed E-state index contributed by atoms with van der Waals surface area (Å²) in [6.45, 7) is 2.61. The molecule has 1 fully saturated rings. The minimum atomic E-state index is -0.0101. The van der Waals surface area contributed by atoms with Gasteiger partial charge in [-0.1, -0.05) is 18.2 Å². The van der Waals surface area contributed by atoms with Crippen LogP contribution in [-0.2, 0) is 0 Å². The van der Waals surface area contributed by atoms with E-state index in [1.165, 1.54) is 11.3 Å². The Morgan fingerprint density at radius 3 is 2.80 bits per heavy atom. The van der Waals surface area contributed by atoms with Crippen molar-refractivity contribution in [3.8, 4) is 0 Å². The molecule has 1 N–H and O–H groups in total. The first kappa shape index (κ1) is 16.7. The van der Waals surface area contributed by atoms with E-state index in [1.54, 1.807) is 6.26 Å². The normalized spacial score (nSPS) is 16.8. The third kappa shape index (κ3) is 3.76. The van der Waals surface area contributed by atoms with E-state index in [9.17, 15) is 4.79 Å². The molecular formula is C19H20N2O2S2. The fourth-order valence-corrected chi connectivity index (χ4v) is 5.06. The number of fused-ring (bicyclic) bond motifs is 1. The van der Waals surface area contributed by atoms with Gasteiger partial charge in [-0.05, 0) is 29.7 Å². The molecule has 0 aliphatic carbocycles. The lowest BCUT2D eigenvalue weighted by molar-refractivity contribution is 0.0934. The molecular weight excluding hydrogens is 352 g/mol. The van der Waals surface area contributed by atoms with Gasteiger partial charge in [0.15, 0.2) is 0 Å². The number of benzene rings is 1. The largest absolute Gasteiger partial charge is 0.468 e. The molecule has 4 nitrogen and oxygen atoms in total. The van der Waals surface area contributed by atoms with E-state index in [4.69, 9.17) is 4.42 Å². The lowest BCUT2D eigenvalue weighted by Crippen LogP contribution is -2.41. The number of carbonyl (C=O) groups is 1. The van der Waals surface area contributed by atoms with E-state index in [0.717, 1.165) is 45.3 Å². The molecule has 0 bridgehead atoms. The van der Waals surface area contributed by atoms with E-state index in [1.807, 2.05) is 54.2 Å². The second kappa shape index (κ2) is 7.64. The zero-order valence-corrected chi connectivity index (χ0v) is 15.4. The van der Waals surface area contributed by atoms with Gasteiger partial charge in [0.05, 0.1) is 17.2 Å². The maximum Gasteiger partial charge on any atom is 0.261 e. The van der Waals surface area contributed by atoms with E-state index >= 15 is 0 Å². The second-order valence-corrected chi connectivity index (χ2v) is 8.35. The van der Waals surface area contributed by atoms with Crippen LogP contribution in [0, 0.1) is 0 Å². The van der Waals surface area contributed by atoms with Gasteiger partial charge < -0.3 is 9.73 Å². The Bertz CT molecular complexity index is 805. The molecule has 4 rings (SSSR count). The van der Waals surface area contributed by atoms with Gasteiger partial charge in [-0.15, -0.1) is 11.3 Å². The topological polar surface area (TPSA) is 45.5 Å². The van der Waals surface area contributed by atoms with Gasteiger partial charge >= 0.3 is 0 Å². The van der Waals surface area contributed by atoms with Crippen LogP contribution in [0.15, 0.2) is 53.1 Å². The first-order chi connectivity index (χ1) is 12.3. The first-order valence-corrected chi connectivity index (χ1v) is 10.4. The smallest absolute Gasteiger partial charge is 0.261 e. The highest BCUT2D eigenvalue weighted by molar-refractivity contribution is 7.99. The van der Waals surface area contributed by atoms with Crippen LogP contribution in [0.2, 0.25) is 0 Å². The number of amides is 1. The highest BCUT2D eigenvalue weighted by Crippen LogP contribution is 2.26. The van der Waals surface area contributed by atoms with Gasteiger partial charge in [-0.25, -0.2) is 0 Å². The van der Waals surface area contributed by atoms with Gasteiger partial charge in [-0.3, -0.25) is 9.69 Å². The third-order valence-corrected chi connectivity index (χ3v) is 6.52. The minimum absolute atomic E-state index is 0.0101. The lowest BCUT2D eigenvalue weighted by atomic mass is 10.1. The van der Waals surface area contributed by atoms with Crippen molar-refractivity contribution in [2.45, 2.75) is 6.04 Å². The first-order valence-electron chi connectivity index (χ1n) is 8.43. The SMILES string of the molecule is O=C(NC[C@@H](c1ccco1)N1CCSCC1)c1cc2ccccc2s1. The van der Waals surface area contributed by atoms with Crippen LogP contribution in [0.3, 0.4) is 0 Å². The molecule has 130 valence electrons. The Morgan fingerprint density at radius 1 is 1.20 bits per heavy atom. The predicted molar refractivity (Wildman–Crippen MR) is 105 cm³/mol. The van der Waals surface area contributed by atoms with Crippen molar-refractivity contribution >= 4 is 39.1 Å². The molecule has 0 saturated carbocycles. The predicted octanol–water partition coefficient (Wildman–Crippen LogP) is 4.01. The molecule has 1 aliphatic rings. The van der Waals surface area contributed by atoms with E-state index in [0.29, 0.717) is 6.54 Å². The van der Waals surface area contributed by atoms with Gasteiger partial charge in [-0.2, -0.15) is 11.8 Å². The van der Waals surface area contributed by atoms with Crippen molar-refractivity contribution in [3.05, 3.63) is 59.4 Å². The van der Waals surface area contributed by atoms with Crippen LogP contribution in [0.4, 0.5) is 0 Å². The number of furan rings is 1. The average Bonchev–Trinajstić information content (AvgIpc) is 3.32. The molecule has 1 aliphatic heterocycles. The highest BCUT2D eigenvalue weighted by Gasteiger charge is 2.25. The van der Waals surface area contributed by atoms with Crippen LogP contribution in [-0.4, -0.2) is 41.9 Å². The summed E-state index contributed by atoms with van der Waals surface area (Å²) in [4.78, 5) is 15.8. The molecule has 0 unspecified atom stereocenters. The number of carbonyl (C=O) groups excluding carboxylic acids is 1. The molecule has 0 spiro atoms. The summed E-state index contributed by atoms with van der Waals surface area (Å²) in [5.41, 5.74) is 0. The lowest BCUT2D eigenvalue weighted by Gasteiger charge is -2.33.